The average Bonchev–Trinajstić information content (AvgIpc) is 3.16. The second-order valence-corrected chi connectivity index (χ2v) is 7.93. The third-order valence-electron chi connectivity index (χ3n) is 5.00. The molecule has 1 aliphatic heterocycles. The third kappa shape index (κ3) is 3.42. The van der Waals surface area contributed by atoms with Crippen LogP contribution in [0.4, 0.5) is 5.95 Å². The number of thiazole rings is 1. The van der Waals surface area contributed by atoms with Gasteiger partial charge in [0.1, 0.15) is 10.9 Å². The first-order chi connectivity index (χ1) is 13.1. The second-order valence-electron chi connectivity index (χ2n) is 6.96. The Labute approximate surface area is 159 Å². The molecule has 7 nitrogen and oxygen atoms in total. The number of nitrogen functional groups attached to an aromatic ring is 1. The zero-order valence-electron chi connectivity index (χ0n) is 15.1. The smallest absolute Gasteiger partial charge is 0.311 e. The van der Waals surface area contributed by atoms with Gasteiger partial charge in [-0.05, 0) is 24.8 Å². The zero-order chi connectivity index (χ0) is 19.0. The Morgan fingerprint density at radius 3 is 2.85 bits per heavy atom. The molecular formula is C19H22N4O3S. The van der Waals surface area contributed by atoms with Crippen molar-refractivity contribution < 1.29 is 4.74 Å². The van der Waals surface area contributed by atoms with Gasteiger partial charge in [-0.15, -0.1) is 0 Å². The highest BCUT2D eigenvalue weighted by Crippen LogP contribution is 2.39. The molecule has 8 heteroatoms. The Morgan fingerprint density at radius 1 is 1.33 bits per heavy atom. The molecule has 0 spiro atoms. The first-order valence-corrected chi connectivity index (χ1v) is 9.98. The highest BCUT2D eigenvalue weighted by molar-refractivity contribution is 7.16. The number of fused-ring (bicyclic) bond motifs is 1. The molecule has 1 aromatic carbocycles. The largest absolute Gasteiger partial charge is 0.369 e. The topological polar surface area (TPSA) is 103 Å². The molecule has 4 rings (SSSR count). The Balaban J connectivity index is 1.77. The molecule has 2 aromatic heterocycles. The van der Waals surface area contributed by atoms with E-state index in [0.717, 1.165) is 37.0 Å². The van der Waals surface area contributed by atoms with Gasteiger partial charge in [0.2, 0.25) is 5.95 Å². The fourth-order valence-electron chi connectivity index (χ4n) is 3.87. The number of ether oxygens (including phenoxy) is 1. The number of nitrogens with two attached hydrogens (primary N) is 1. The molecule has 3 unspecified atom stereocenters. The van der Waals surface area contributed by atoms with Crippen molar-refractivity contribution in [3.63, 3.8) is 0 Å². The molecule has 3 aromatic rings. The van der Waals surface area contributed by atoms with Crippen molar-refractivity contribution in [2.75, 3.05) is 5.73 Å². The van der Waals surface area contributed by atoms with E-state index in [9.17, 15) is 9.59 Å². The van der Waals surface area contributed by atoms with E-state index in [1.165, 1.54) is 10.1 Å². The van der Waals surface area contributed by atoms with Gasteiger partial charge in [0, 0.05) is 5.92 Å². The van der Waals surface area contributed by atoms with Crippen molar-refractivity contribution >= 4 is 27.6 Å². The van der Waals surface area contributed by atoms with Crippen LogP contribution < -0.4 is 16.2 Å². The molecule has 0 bridgehead atoms. The van der Waals surface area contributed by atoms with E-state index in [2.05, 4.69) is 29.0 Å². The van der Waals surface area contributed by atoms with Gasteiger partial charge in [-0.25, -0.2) is 0 Å². The van der Waals surface area contributed by atoms with Crippen LogP contribution in [0.15, 0.2) is 39.9 Å². The highest BCUT2D eigenvalue weighted by atomic mass is 32.1. The molecule has 1 saturated heterocycles. The Kier molecular flexibility index (Phi) is 4.84. The van der Waals surface area contributed by atoms with Crippen LogP contribution >= 0.6 is 11.3 Å². The quantitative estimate of drug-likeness (QED) is 0.702. The number of nitrogens with one attached hydrogen (secondary N) is 1. The summed E-state index contributed by atoms with van der Waals surface area (Å²) in [5, 5.41) is 0. The molecule has 3 heterocycles. The van der Waals surface area contributed by atoms with Crippen molar-refractivity contribution in [1.82, 2.24) is 14.5 Å². The summed E-state index contributed by atoms with van der Waals surface area (Å²) < 4.78 is 8.09. The minimum atomic E-state index is -0.447. The van der Waals surface area contributed by atoms with E-state index in [1.54, 1.807) is 0 Å². The summed E-state index contributed by atoms with van der Waals surface area (Å²) in [4.78, 5) is 31.3. The van der Waals surface area contributed by atoms with Gasteiger partial charge in [0.25, 0.3) is 5.56 Å². The highest BCUT2D eigenvalue weighted by Gasteiger charge is 2.38. The van der Waals surface area contributed by atoms with Crippen LogP contribution in [-0.4, -0.2) is 20.6 Å². The number of aromatic nitrogens is 3. The van der Waals surface area contributed by atoms with Crippen LogP contribution in [0.25, 0.3) is 10.3 Å². The van der Waals surface area contributed by atoms with Gasteiger partial charge in [0.05, 0.1) is 6.10 Å². The van der Waals surface area contributed by atoms with E-state index >= 15 is 0 Å². The fraction of sp³-hybridized carbons (Fsp3) is 0.421. The van der Waals surface area contributed by atoms with E-state index < -0.39 is 6.23 Å². The number of anilines is 1. The molecule has 0 amide bonds. The normalized spacial score (nSPS) is 22.5. The first-order valence-electron chi connectivity index (χ1n) is 9.17. The molecule has 27 heavy (non-hydrogen) atoms. The molecule has 3 atom stereocenters. The molecule has 1 fully saturated rings. The molecule has 3 N–H and O–H groups in total. The Morgan fingerprint density at radius 2 is 2.11 bits per heavy atom. The van der Waals surface area contributed by atoms with Crippen LogP contribution in [0.2, 0.25) is 0 Å². The number of aromatic amines is 1. The van der Waals surface area contributed by atoms with Crippen molar-refractivity contribution in [3.8, 4) is 0 Å². The minimum absolute atomic E-state index is 0.00163. The number of hydrogen-bond acceptors (Lipinski definition) is 6. The van der Waals surface area contributed by atoms with Crippen LogP contribution in [0, 0.1) is 5.92 Å². The first kappa shape index (κ1) is 17.9. The van der Waals surface area contributed by atoms with Crippen LogP contribution in [0.3, 0.4) is 0 Å². The lowest BCUT2D eigenvalue weighted by Crippen LogP contribution is -2.26. The van der Waals surface area contributed by atoms with Crippen LogP contribution in [0.1, 0.15) is 38.0 Å². The number of benzene rings is 1. The van der Waals surface area contributed by atoms with Crippen LogP contribution in [-0.2, 0) is 11.2 Å². The van der Waals surface area contributed by atoms with Gasteiger partial charge in [-0.1, -0.05) is 55.0 Å². The van der Waals surface area contributed by atoms with Crippen molar-refractivity contribution in [1.29, 1.82) is 0 Å². The van der Waals surface area contributed by atoms with Gasteiger partial charge < -0.3 is 10.5 Å². The van der Waals surface area contributed by atoms with Gasteiger partial charge >= 0.3 is 4.87 Å². The summed E-state index contributed by atoms with van der Waals surface area (Å²) in [6.45, 7) is 2.12. The summed E-state index contributed by atoms with van der Waals surface area (Å²) in [6, 6.07) is 10.2. The lowest BCUT2D eigenvalue weighted by Gasteiger charge is -2.20. The van der Waals surface area contributed by atoms with E-state index in [4.69, 9.17) is 10.5 Å². The van der Waals surface area contributed by atoms with E-state index in [-0.39, 0.29) is 33.1 Å². The summed E-state index contributed by atoms with van der Waals surface area (Å²) in [5.74, 6) is 0.128. The number of H-pyrrole nitrogens is 1. The van der Waals surface area contributed by atoms with E-state index in [0.29, 0.717) is 5.65 Å². The molecular weight excluding hydrogens is 364 g/mol. The molecule has 142 valence electrons. The standard InChI is InChI=1S/C19H22N4O3S/c1-2-6-13-10-12(9-11-7-4-3-5-8-11)17(26-13)23-15-14(27-19(23)25)16(24)22-18(20)21-15/h3-5,7-8,12-13,17H,2,6,9-10H2,1H3,(H3,20,21,22,24). The summed E-state index contributed by atoms with van der Waals surface area (Å²) in [7, 11) is 0. The Bertz CT molecular complexity index is 1060. The van der Waals surface area contributed by atoms with Gasteiger partial charge in [-0.3, -0.25) is 19.1 Å². The maximum atomic E-state index is 12.7. The predicted octanol–water partition coefficient (Wildman–Crippen LogP) is 2.67. The SMILES string of the molecule is CCCC1CC(Cc2ccccc2)C(n2c(=O)sc3c(=O)[nH]c(N)nc32)O1. The van der Waals surface area contributed by atoms with Crippen molar-refractivity contribution in [3.05, 3.63) is 55.9 Å². The Hall–Kier alpha value is -2.45. The maximum Gasteiger partial charge on any atom is 0.311 e. The molecule has 0 saturated carbocycles. The average molecular weight is 386 g/mol. The lowest BCUT2D eigenvalue weighted by atomic mass is 9.93. The predicted molar refractivity (Wildman–Crippen MR) is 106 cm³/mol. The third-order valence-corrected chi connectivity index (χ3v) is 5.94. The van der Waals surface area contributed by atoms with Gasteiger partial charge in [0.15, 0.2) is 5.65 Å². The zero-order valence-corrected chi connectivity index (χ0v) is 15.9. The molecule has 1 aliphatic rings. The maximum absolute atomic E-state index is 12.7. The van der Waals surface area contributed by atoms with Crippen LogP contribution in [0.5, 0.6) is 0 Å². The van der Waals surface area contributed by atoms with Crippen molar-refractivity contribution in [2.24, 2.45) is 5.92 Å². The second kappa shape index (κ2) is 7.28. The fourth-order valence-corrected chi connectivity index (χ4v) is 4.71. The van der Waals surface area contributed by atoms with E-state index in [1.807, 2.05) is 18.2 Å². The van der Waals surface area contributed by atoms with Gasteiger partial charge in [-0.2, -0.15) is 4.98 Å². The summed E-state index contributed by atoms with van der Waals surface area (Å²) >= 11 is 0.889. The molecule has 0 radical (unpaired) electrons. The molecule has 0 aliphatic carbocycles. The lowest BCUT2D eigenvalue weighted by molar-refractivity contribution is -0.0143. The minimum Gasteiger partial charge on any atom is -0.369 e. The summed E-state index contributed by atoms with van der Waals surface area (Å²) in [6.07, 6.45) is 3.27. The number of nitrogens with zero attached hydrogens (tertiary/aromatic N) is 2. The number of rotatable bonds is 5. The van der Waals surface area contributed by atoms with Crippen molar-refractivity contribution in [2.45, 2.75) is 44.9 Å². The summed E-state index contributed by atoms with van der Waals surface area (Å²) in [5.41, 5.74) is 6.84. The number of hydrogen-bond donors (Lipinski definition) is 2. The monoisotopic (exact) mass is 386 g/mol.